The van der Waals surface area contributed by atoms with Crippen LogP contribution in [0.1, 0.15) is 37.5 Å². The Morgan fingerprint density at radius 2 is 1.73 bits per heavy atom. The van der Waals surface area contributed by atoms with Crippen LogP contribution < -0.4 is 21.3 Å². The van der Waals surface area contributed by atoms with Gasteiger partial charge in [-0.05, 0) is 62.6 Å². The van der Waals surface area contributed by atoms with Crippen molar-refractivity contribution in [2.45, 2.75) is 46.8 Å². The summed E-state index contributed by atoms with van der Waals surface area (Å²) in [6.07, 6.45) is 0. The van der Waals surface area contributed by atoms with E-state index >= 15 is 0 Å². The number of halogens is 2. The number of guanidine groups is 1. The fourth-order valence-corrected chi connectivity index (χ4v) is 2.57. The van der Waals surface area contributed by atoms with Crippen LogP contribution in [-0.4, -0.2) is 24.6 Å². The number of rotatable bonds is 7. The molecule has 4 N–H and O–H groups in total. The Bertz CT molecular complexity index is 840. The van der Waals surface area contributed by atoms with Gasteiger partial charge in [0.15, 0.2) is 5.96 Å². The molecule has 0 aromatic heterocycles. The molecule has 0 atom stereocenters. The summed E-state index contributed by atoms with van der Waals surface area (Å²) >= 11 is 0. The number of benzene rings is 2. The first-order chi connectivity index (χ1) is 13.9. The second-order valence-electron chi connectivity index (χ2n) is 7.08. The number of anilines is 1. The Balaban J connectivity index is 0.00000450. The van der Waals surface area contributed by atoms with Crippen LogP contribution in [0.3, 0.4) is 0 Å². The van der Waals surface area contributed by atoms with Gasteiger partial charge >= 0.3 is 6.03 Å². The molecule has 0 unspecified atom stereocenters. The molecule has 0 bridgehead atoms. The molecule has 8 heteroatoms. The summed E-state index contributed by atoms with van der Waals surface area (Å²) in [7, 11) is 0. The normalized spacial score (nSPS) is 10.9. The van der Waals surface area contributed by atoms with E-state index in [4.69, 9.17) is 0 Å². The van der Waals surface area contributed by atoms with Gasteiger partial charge in [-0.3, -0.25) is 0 Å². The minimum atomic E-state index is -0.222. The number of hydrogen-bond acceptors (Lipinski definition) is 2. The standard InChI is InChI=1S/C22H30FN5O.HI/c1-5-24-21(26-14-18-7-6-16(4)20(23)12-18)25-13-17-8-10-19(11-9-17)28-22(29)27-15(2)3;/h6-12,15H,5,13-14H2,1-4H3,(H2,24,25,26)(H2,27,28,29);1H. The van der Waals surface area contributed by atoms with Crippen LogP contribution in [0.4, 0.5) is 14.9 Å². The maximum Gasteiger partial charge on any atom is 0.319 e. The zero-order chi connectivity index (χ0) is 21.2. The molecule has 0 spiro atoms. The van der Waals surface area contributed by atoms with Crippen molar-refractivity contribution in [3.63, 3.8) is 0 Å². The molecule has 0 heterocycles. The number of hydrogen-bond donors (Lipinski definition) is 4. The van der Waals surface area contributed by atoms with Gasteiger partial charge in [-0.25, -0.2) is 14.2 Å². The van der Waals surface area contributed by atoms with Gasteiger partial charge in [0.05, 0.1) is 6.54 Å². The molecule has 2 amide bonds. The van der Waals surface area contributed by atoms with Gasteiger partial charge in [-0.2, -0.15) is 0 Å². The van der Waals surface area contributed by atoms with E-state index in [1.165, 1.54) is 6.07 Å². The van der Waals surface area contributed by atoms with Crippen LogP contribution in [0.2, 0.25) is 0 Å². The number of urea groups is 1. The van der Waals surface area contributed by atoms with Crippen molar-refractivity contribution in [2.24, 2.45) is 4.99 Å². The molecule has 0 aliphatic heterocycles. The molecule has 0 aliphatic carbocycles. The van der Waals surface area contributed by atoms with E-state index in [1.54, 1.807) is 13.0 Å². The summed E-state index contributed by atoms with van der Waals surface area (Å²) in [6, 6.07) is 12.6. The summed E-state index contributed by atoms with van der Waals surface area (Å²) in [5.41, 5.74) is 3.23. The molecule has 2 aromatic carbocycles. The van der Waals surface area contributed by atoms with E-state index in [2.05, 4.69) is 26.3 Å². The van der Waals surface area contributed by atoms with E-state index in [1.807, 2.05) is 51.1 Å². The number of carbonyl (C=O) groups is 1. The van der Waals surface area contributed by atoms with E-state index in [-0.39, 0.29) is 41.9 Å². The van der Waals surface area contributed by atoms with E-state index in [0.717, 1.165) is 23.4 Å². The SMILES string of the molecule is CCNC(=NCc1ccc(C)c(F)c1)NCc1ccc(NC(=O)NC(C)C)cc1.I. The zero-order valence-corrected chi connectivity index (χ0v) is 20.2. The van der Waals surface area contributed by atoms with E-state index < -0.39 is 0 Å². The number of carbonyl (C=O) groups excluding carboxylic acids is 1. The highest BCUT2D eigenvalue weighted by Crippen LogP contribution is 2.11. The van der Waals surface area contributed by atoms with Crippen molar-refractivity contribution in [1.82, 2.24) is 16.0 Å². The van der Waals surface area contributed by atoms with Crippen molar-refractivity contribution >= 4 is 41.7 Å². The average Bonchev–Trinajstić information content (AvgIpc) is 2.67. The number of amides is 2. The molecule has 164 valence electrons. The average molecular weight is 527 g/mol. The molecule has 0 aliphatic rings. The Morgan fingerprint density at radius 3 is 2.33 bits per heavy atom. The monoisotopic (exact) mass is 527 g/mol. The van der Waals surface area contributed by atoms with Gasteiger partial charge < -0.3 is 21.3 Å². The predicted molar refractivity (Wildman–Crippen MR) is 132 cm³/mol. The van der Waals surface area contributed by atoms with Crippen LogP contribution >= 0.6 is 24.0 Å². The first-order valence-corrected chi connectivity index (χ1v) is 9.81. The van der Waals surface area contributed by atoms with Crippen LogP contribution in [0.5, 0.6) is 0 Å². The first-order valence-electron chi connectivity index (χ1n) is 9.81. The molecule has 0 fully saturated rings. The van der Waals surface area contributed by atoms with Crippen LogP contribution in [0.25, 0.3) is 0 Å². The highest BCUT2D eigenvalue weighted by molar-refractivity contribution is 14.0. The lowest BCUT2D eigenvalue weighted by molar-refractivity contribution is 0.250. The molecule has 30 heavy (non-hydrogen) atoms. The number of nitrogens with zero attached hydrogens (tertiary/aromatic N) is 1. The van der Waals surface area contributed by atoms with Crippen LogP contribution in [-0.2, 0) is 13.1 Å². The summed E-state index contributed by atoms with van der Waals surface area (Å²) in [4.78, 5) is 16.3. The molecule has 6 nitrogen and oxygen atoms in total. The van der Waals surface area contributed by atoms with E-state index in [9.17, 15) is 9.18 Å². The highest BCUT2D eigenvalue weighted by atomic mass is 127. The third kappa shape index (κ3) is 8.98. The molecule has 2 aromatic rings. The van der Waals surface area contributed by atoms with Gasteiger partial charge in [0.2, 0.25) is 0 Å². The van der Waals surface area contributed by atoms with Crippen molar-refractivity contribution in [3.05, 3.63) is 65.0 Å². The maximum absolute atomic E-state index is 13.7. The maximum atomic E-state index is 13.7. The van der Waals surface area contributed by atoms with Crippen molar-refractivity contribution in [1.29, 1.82) is 0 Å². The second kappa shape index (κ2) is 13.0. The lowest BCUT2D eigenvalue weighted by Gasteiger charge is -2.13. The number of aliphatic imine (C=N–C) groups is 1. The highest BCUT2D eigenvalue weighted by Gasteiger charge is 2.04. The smallest absolute Gasteiger partial charge is 0.319 e. The molecule has 0 saturated carbocycles. The third-order valence-corrected chi connectivity index (χ3v) is 4.09. The molecular formula is C22H31FIN5O. The van der Waals surface area contributed by atoms with Crippen LogP contribution in [0, 0.1) is 12.7 Å². The minimum absolute atomic E-state index is 0. The topological polar surface area (TPSA) is 77.6 Å². The molecule has 0 saturated heterocycles. The lowest BCUT2D eigenvalue weighted by atomic mass is 10.1. The first kappa shape index (κ1) is 25.7. The Labute approximate surface area is 195 Å². The summed E-state index contributed by atoms with van der Waals surface area (Å²) < 4.78 is 13.7. The second-order valence-corrected chi connectivity index (χ2v) is 7.08. The molecule has 2 rings (SSSR count). The fraction of sp³-hybridized carbons (Fsp3) is 0.364. The number of nitrogens with one attached hydrogen (secondary N) is 4. The van der Waals surface area contributed by atoms with Crippen molar-refractivity contribution < 1.29 is 9.18 Å². The number of aryl methyl sites for hydroxylation is 1. The predicted octanol–water partition coefficient (Wildman–Crippen LogP) is 4.54. The Morgan fingerprint density at radius 1 is 1.07 bits per heavy atom. The van der Waals surface area contributed by atoms with Crippen molar-refractivity contribution in [2.75, 3.05) is 11.9 Å². The van der Waals surface area contributed by atoms with Crippen LogP contribution in [0.15, 0.2) is 47.5 Å². The largest absolute Gasteiger partial charge is 0.357 e. The third-order valence-electron chi connectivity index (χ3n) is 4.09. The summed E-state index contributed by atoms with van der Waals surface area (Å²) in [5.74, 6) is 0.443. The Hall–Kier alpha value is -2.36. The lowest BCUT2D eigenvalue weighted by Crippen LogP contribution is -2.36. The molecular weight excluding hydrogens is 496 g/mol. The van der Waals surface area contributed by atoms with Gasteiger partial charge in [0.25, 0.3) is 0 Å². The van der Waals surface area contributed by atoms with Crippen molar-refractivity contribution in [3.8, 4) is 0 Å². The quantitative estimate of drug-likeness (QED) is 0.243. The summed E-state index contributed by atoms with van der Waals surface area (Å²) in [5, 5.41) is 12.0. The minimum Gasteiger partial charge on any atom is -0.357 e. The summed E-state index contributed by atoms with van der Waals surface area (Å²) in [6.45, 7) is 9.24. The Kier molecular flexibility index (Phi) is 11.2. The van der Waals surface area contributed by atoms with Gasteiger partial charge in [-0.15, -0.1) is 24.0 Å². The van der Waals surface area contributed by atoms with Gasteiger partial charge in [-0.1, -0.05) is 24.3 Å². The van der Waals surface area contributed by atoms with Gasteiger partial charge in [0, 0.05) is 24.8 Å². The molecule has 0 radical (unpaired) electrons. The van der Waals surface area contributed by atoms with E-state index in [0.29, 0.717) is 24.6 Å². The fourth-order valence-electron chi connectivity index (χ4n) is 2.57. The van der Waals surface area contributed by atoms with Gasteiger partial charge in [0.1, 0.15) is 5.82 Å². The zero-order valence-electron chi connectivity index (χ0n) is 17.9.